The van der Waals surface area contributed by atoms with Crippen LogP contribution in [0.2, 0.25) is 0 Å². The molecule has 1 fully saturated rings. The van der Waals surface area contributed by atoms with Gasteiger partial charge in [-0.3, -0.25) is 4.79 Å². The lowest BCUT2D eigenvalue weighted by Crippen LogP contribution is -2.44. The van der Waals surface area contributed by atoms with E-state index in [0.29, 0.717) is 18.4 Å². The minimum atomic E-state index is 0.335. The number of nitrogens with one attached hydrogen (secondary N) is 1. The first-order valence-electron chi connectivity index (χ1n) is 8.85. The zero-order valence-electron chi connectivity index (χ0n) is 13.9. The summed E-state index contributed by atoms with van der Waals surface area (Å²) >= 11 is 0. The summed E-state index contributed by atoms with van der Waals surface area (Å²) in [7, 11) is 0. The van der Waals surface area contributed by atoms with Crippen molar-refractivity contribution in [1.82, 2.24) is 10.2 Å². The van der Waals surface area contributed by atoms with Crippen LogP contribution in [-0.4, -0.2) is 36.5 Å². The Kier molecular flexibility index (Phi) is 7.44. The molecule has 1 saturated heterocycles. The molecule has 1 N–H and O–H groups in total. The highest BCUT2D eigenvalue weighted by atomic mass is 16.2. The number of amides is 1. The lowest BCUT2D eigenvalue weighted by Gasteiger charge is -2.35. The van der Waals surface area contributed by atoms with Crippen molar-refractivity contribution >= 4 is 5.91 Å². The van der Waals surface area contributed by atoms with Crippen molar-refractivity contribution in [2.24, 2.45) is 0 Å². The van der Waals surface area contributed by atoms with Crippen LogP contribution in [0.4, 0.5) is 0 Å². The Balaban J connectivity index is 1.57. The highest BCUT2D eigenvalue weighted by Crippen LogP contribution is 2.19. The highest BCUT2D eigenvalue weighted by molar-refractivity contribution is 5.76. The molecule has 2 rings (SSSR count). The van der Waals surface area contributed by atoms with E-state index >= 15 is 0 Å². The van der Waals surface area contributed by atoms with Crippen LogP contribution in [0.1, 0.15) is 51.0 Å². The number of aryl methyl sites for hydroxylation is 1. The quantitative estimate of drug-likeness (QED) is 0.747. The molecule has 1 aromatic carbocycles. The molecule has 0 spiro atoms. The van der Waals surface area contributed by atoms with Crippen molar-refractivity contribution in [2.75, 3.05) is 19.6 Å². The second kappa shape index (κ2) is 9.62. The fraction of sp³-hybridized carbons (Fsp3) is 0.632. The monoisotopic (exact) mass is 302 g/mol. The van der Waals surface area contributed by atoms with Gasteiger partial charge in [0.25, 0.3) is 0 Å². The number of carbonyl (C=O) groups is 1. The average molecular weight is 302 g/mol. The molecule has 3 heteroatoms. The van der Waals surface area contributed by atoms with Gasteiger partial charge in [-0.2, -0.15) is 0 Å². The average Bonchev–Trinajstić information content (AvgIpc) is 2.58. The summed E-state index contributed by atoms with van der Waals surface area (Å²) in [5.74, 6) is 0.335. The molecule has 122 valence electrons. The van der Waals surface area contributed by atoms with E-state index in [-0.39, 0.29) is 0 Å². The number of rotatable bonds is 8. The van der Waals surface area contributed by atoms with E-state index < -0.39 is 0 Å². The molecule has 1 unspecified atom stereocenters. The molecule has 0 aliphatic carbocycles. The molecular formula is C19H30N2O. The fourth-order valence-corrected chi connectivity index (χ4v) is 3.28. The number of hydrogen-bond donors (Lipinski definition) is 1. The van der Waals surface area contributed by atoms with Crippen LogP contribution in [0.3, 0.4) is 0 Å². The van der Waals surface area contributed by atoms with E-state index in [4.69, 9.17) is 0 Å². The minimum absolute atomic E-state index is 0.335. The first-order valence-corrected chi connectivity index (χ1v) is 8.85. The molecular weight excluding hydrogens is 272 g/mol. The molecule has 1 amide bonds. The van der Waals surface area contributed by atoms with Crippen LogP contribution in [-0.2, 0) is 11.2 Å². The van der Waals surface area contributed by atoms with Crippen LogP contribution >= 0.6 is 0 Å². The van der Waals surface area contributed by atoms with Crippen LogP contribution < -0.4 is 5.32 Å². The van der Waals surface area contributed by atoms with Crippen molar-refractivity contribution in [3.63, 3.8) is 0 Å². The Morgan fingerprint density at radius 1 is 1.23 bits per heavy atom. The highest BCUT2D eigenvalue weighted by Gasteiger charge is 2.24. The van der Waals surface area contributed by atoms with Crippen molar-refractivity contribution < 1.29 is 4.79 Å². The number of benzene rings is 1. The largest absolute Gasteiger partial charge is 0.340 e. The van der Waals surface area contributed by atoms with Gasteiger partial charge in [0, 0.05) is 25.6 Å². The van der Waals surface area contributed by atoms with Crippen LogP contribution in [0.5, 0.6) is 0 Å². The molecule has 1 atom stereocenters. The smallest absolute Gasteiger partial charge is 0.224 e. The molecule has 1 aliphatic heterocycles. The third kappa shape index (κ3) is 5.45. The molecule has 1 aliphatic rings. The second-order valence-corrected chi connectivity index (χ2v) is 6.23. The first-order chi connectivity index (χ1) is 10.8. The maximum atomic E-state index is 12.3. The van der Waals surface area contributed by atoms with Crippen molar-refractivity contribution in [2.45, 2.75) is 57.9 Å². The first kappa shape index (κ1) is 17.0. The van der Waals surface area contributed by atoms with Gasteiger partial charge < -0.3 is 10.2 Å². The Labute approximate surface area is 135 Å². The number of nitrogens with zero attached hydrogens (tertiary/aromatic N) is 1. The van der Waals surface area contributed by atoms with Gasteiger partial charge in [-0.25, -0.2) is 0 Å². The van der Waals surface area contributed by atoms with Crippen molar-refractivity contribution in [1.29, 1.82) is 0 Å². The van der Waals surface area contributed by atoms with E-state index in [1.54, 1.807) is 0 Å². The van der Waals surface area contributed by atoms with E-state index in [1.807, 2.05) is 0 Å². The molecule has 1 aromatic rings. The lowest BCUT2D eigenvalue weighted by molar-refractivity contribution is -0.134. The number of likely N-dealkylation sites (tertiary alicyclic amines) is 1. The summed E-state index contributed by atoms with van der Waals surface area (Å²) in [5, 5.41) is 3.41. The summed E-state index contributed by atoms with van der Waals surface area (Å²) in [6, 6.07) is 11.1. The predicted molar refractivity (Wildman–Crippen MR) is 91.9 cm³/mol. The van der Waals surface area contributed by atoms with Gasteiger partial charge >= 0.3 is 0 Å². The number of piperidine rings is 1. The van der Waals surface area contributed by atoms with Crippen LogP contribution in [0, 0.1) is 0 Å². The van der Waals surface area contributed by atoms with Gasteiger partial charge in [-0.1, -0.05) is 37.3 Å². The fourth-order valence-electron chi connectivity index (χ4n) is 3.28. The maximum Gasteiger partial charge on any atom is 0.224 e. The SMILES string of the molecule is CCC1CCCCN1C(=O)CCNCCCc1ccccc1. The molecule has 22 heavy (non-hydrogen) atoms. The topological polar surface area (TPSA) is 32.3 Å². The third-order valence-electron chi connectivity index (χ3n) is 4.60. The van der Waals surface area contributed by atoms with Crippen molar-refractivity contribution in [3.05, 3.63) is 35.9 Å². The van der Waals surface area contributed by atoms with Gasteiger partial charge in [0.15, 0.2) is 0 Å². The zero-order valence-corrected chi connectivity index (χ0v) is 13.9. The van der Waals surface area contributed by atoms with E-state index in [1.165, 1.54) is 24.8 Å². The molecule has 0 saturated carbocycles. The van der Waals surface area contributed by atoms with Gasteiger partial charge in [-0.15, -0.1) is 0 Å². The van der Waals surface area contributed by atoms with Gasteiger partial charge in [0.1, 0.15) is 0 Å². The van der Waals surface area contributed by atoms with E-state index in [0.717, 1.165) is 38.9 Å². The van der Waals surface area contributed by atoms with Crippen LogP contribution in [0.25, 0.3) is 0 Å². The molecule has 1 heterocycles. The Morgan fingerprint density at radius 3 is 2.82 bits per heavy atom. The summed E-state index contributed by atoms with van der Waals surface area (Å²) in [6.45, 7) is 4.95. The Hall–Kier alpha value is -1.35. The van der Waals surface area contributed by atoms with E-state index in [2.05, 4.69) is 47.5 Å². The van der Waals surface area contributed by atoms with Gasteiger partial charge in [0.05, 0.1) is 0 Å². The molecule has 0 radical (unpaired) electrons. The maximum absolute atomic E-state index is 12.3. The summed E-state index contributed by atoms with van der Waals surface area (Å²) in [4.78, 5) is 14.4. The van der Waals surface area contributed by atoms with Gasteiger partial charge in [-0.05, 0) is 50.6 Å². The second-order valence-electron chi connectivity index (χ2n) is 6.23. The van der Waals surface area contributed by atoms with Gasteiger partial charge in [0.2, 0.25) is 5.91 Å². The third-order valence-corrected chi connectivity index (χ3v) is 4.60. The normalized spacial score (nSPS) is 18.4. The number of hydrogen-bond acceptors (Lipinski definition) is 2. The Bertz CT molecular complexity index is 432. The number of carbonyl (C=O) groups excluding carboxylic acids is 1. The Morgan fingerprint density at radius 2 is 2.05 bits per heavy atom. The van der Waals surface area contributed by atoms with Crippen LogP contribution in [0.15, 0.2) is 30.3 Å². The summed E-state index contributed by atoms with van der Waals surface area (Å²) in [5.41, 5.74) is 1.39. The lowest BCUT2D eigenvalue weighted by atomic mass is 9.99. The molecule has 3 nitrogen and oxygen atoms in total. The van der Waals surface area contributed by atoms with Crippen molar-refractivity contribution in [3.8, 4) is 0 Å². The zero-order chi connectivity index (χ0) is 15.6. The standard InChI is InChI=1S/C19H30N2O/c1-2-18-12-6-7-16-21(18)19(22)13-15-20-14-8-11-17-9-4-3-5-10-17/h3-5,9-10,18,20H,2,6-8,11-16H2,1H3. The summed E-state index contributed by atoms with van der Waals surface area (Å²) in [6.07, 6.45) is 7.60. The summed E-state index contributed by atoms with van der Waals surface area (Å²) < 4.78 is 0. The van der Waals surface area contributed by atoms with E-state index in [9.17, 15) is 4.79 Å². The molecule has 0 aromatic heterocycles. The minimum Gasteiger partial charge on any atom is -0.340 e. The molecule has 0 bridgehead atoms. The predicted octanol–water partition coefficient (Wildman–Crippen LogP) is 3.39.